The molecule has 1 aromatic carbocycles. The molecule has 1 saturated heterocycles. The summed E-state index contributed by atoms with van der Waals surface area (Å²) in [6.45, 7) is 2.16. The fourth-order valence-corrected chi connectivity index (χ4v) is 2.77. The normalized spacial score (nSPS) is 22.1. The lowest BCUT2D eigenvalue weighted by Gasteiger charge is -2.17. The standard InChI is InChI=1S/C13H12Cl2FNO3/c1-6-4-17(5-8(6)13(19)20)12(18)7-2-11(16)10(15)3-9(7)14/h2-3,6,8H,4-5H2,1H3,(H,19,20). The van der Waals surface area contributed by atoms with Crippen molar-refractivity contribution >= 4 is 35.1 Å². The van der Waals surface area contributed by atoms with Gasteiger partial charge in [0.05, 0.1) is 21.5 Å². The number of hydrogen-bond acceptors (Lipinski definition) is 2. The highest BCUT2D eigenvalue weighted by Crippen LogP contribution is 2.29. The number of carboxylic acid groups (broad SMARTS) is 1. The zero-order valence-corrected chi connectivity index (χ0v) is 12.1. The summed E-state index contributed by atoms with van der Waals surface area (Å²) in [5, 5.41) is 8.93. The van der Waals surface area contributed by atoms with E-state index in [2.05, 4.69) is 0 Å². The first-order valence-electron chi connectivity index (χ1n) is 5.98. The summed E-state index contributed by atoms with van der Waals surface area (Å²) in [7, 11) is 0. The van der Waals surface area contributed by atoms with Crippen LogP contribution in [-0.4, -0.2) is 35.0 Å². The maximum atomic E-state index is 13.4. The molecule has 4 nitrogen and oxygen atoms in total. The Balaban J connectivity index is 2.25. The molecule has 2 atom stereocenters. The van der Waals surface area contributed by atoms with Gasteiger partial charge in [-0.2, -0.15) is 0 Å². The van der Waals surface area contributed by atoms with E-state index >= 15 is 0 Å². The summed E-state index contributed by atoms with van der Waals surface area (Å²) in [5.41, 5.74) is -0.00759. The molecule has 0 aromatic heterocycles. The zero-order chi connectivity index (χ0) is 15.0. The molecule has 2 unspecified atom stereocenters. The molecule has 0 aliphatic carbocycles. The number of carbonyl (C=O) groups excluding carboxylic acids is 1. The highest BCUT2D eigenvalue weighted by molar-refractivity contribution is 6.36. The fraction of sp³-hybridized carbons (Fsp3) is 0.385. The van der Waals surface area contributed by atoms with Crippen LogP contribution < -0.4 is 0 Å². The van der Waals surface area contributed by atoms with E-state index in [0.29, 0.717) is 6.54 Å². The number of carboxylic acids is 1. The van der Waals surface area contributed by atoms with Gasteiger partial charge in [0, 0.05) is 13.1 Å². The van der Waals surface area contributed by atoms with Crippen LogP contribution in [0, 0.1) is 17.7 Å². The minimum atomic E-state index is -0.943. The molecular formula is C13H12Cl2FNO3. The number of hydrogen-bond donors (Lipinski definition) is 1. The first-order chi connectivity index (χ1) is 9.31. The Morgan fingerprint density at radius 3 is 2.50 bits per heavy atom. The Kier molecular flexibility index (Phi) is 4.20. The summed E-state index contributed by atoms with van der Waals surface area (Å²) in [6.07, 6.45) is 0. The number of aliphatic carboxylic acids is 1. The van der Waals surface area contributed by atoms with Crippen LogP contribution in [0.25, 0.3) is 0 Å². The summed E-state index contributed by atoms with van der Waals surface area (Å²) in [6, 6.07) is 2.14. The maximum Gasteiger partial charge on any atom is 0.308 e. The van der Waals surface area contributed by atoms with Crippen LogP contribution in [0.2, 0.25) is 10.0 Å². The number of amides is 1. The third kappa shape index (κ3) is 2.74. The average Bonchev–Trinajstić information content (AvgIpc) is 2.75. The predicted molar refractivity (Wildman–Crippen MR) is 72.6 cm³/mol. The third-order valence-electron chi connectivity index (χ3n) is 3.46. The molecule has 1 aromatic rings. The lowest BCUT2D eigenvalue weighted by atomic mass is 9.99. The first kappa shape index (κ1) is 15.1. The smallest absolute Gasteiger partial charge is 0.308 e. The van der Waals surface area contributed by atoms with Gasteiger partial charge in [-0.05, 0) is 18.1 Å². The summed E-state index contributed by atoms with van der Waals surface area (Å²) >= 11 is 11.5. The monoisotopic (exact) mass is 319 g/mol. The van der Waals surface area contributed by atoms with Gasteiger partial charge in [-0.15, -0.1) is 0 Å². The van der Waals surface area contributed by atoms with Gasteiger partial charge in [-0.1, -0.05) is 30.1 Å². The molecule has 0 radical (unpaired) electrons. The van der Waals surface area contributed by atoms with Crippen molar-refractivity contribution in [1.82, 2.24) is 4.90 Å². The van der Waals surface area contributed by atoms with Crippen molar-refractivity contribution in [3.63, 3.8) is 0 Å². The number of rotatable bonds is 2. The largest absolute Gasteiger partial charge is 0.481 e. The molecule has 1 aliphatic rings. The molecule has 2 rings (SSSR count). The molecule has 108 valence electrons. The molecule has 0 bridgehead atoms. The fourth-order valence-electron chi connectivity index (χ4n) is 2.31. The maximum absolute atomic E-state index is 13.4. The summed E-state index contributed by atoms with van der Waals surface area (Å²) in [4.78, 5) is 24.7. The van der Waals surface area contributed by atoms with Crippen LogP contribution in [-0.2, 0) is 4.79 Å². The Bertz CT molecular complexity index is 579. The Morgan fingerprint density at radius 1 is 1.30 bits per heavy atom. The summed E-state index contributed by atoms with van der Waals surface area (Å²) in [5.74, 6) is -2.94. The van der Waals surface area contributed by atoms with Crippen LogP contribution in [0.5, 0.6) is 0 Å². The summed E-state index contributed by atoms with van der Waals surface area (Å²) < 4.78 is 13.4. The Hall–Kier alpha value is -1.33. The first-order valence-corrected chi connectivity index (χ1v) is 6.73. The Labute approximate surface area is 125 Å². The lowest BCUT2D eigenvalue weighted by molar-refractivity contribution is -0.142. The number of halogens is 3. The van der Waals surface area contributed by atoms with Gasteiger partial charge in [0.15, 0.2) is 0 Å². The van der Waals surface area contributed by atoms with Gasteiger partial charge < -0.3 is 10.0 Å². The Morgan fingerprint density at radius 2 is 1.95 bits per heavy atom. The van der Waals surface area contributed by atoms with Crippen molar-refractivity contribution in [2.45, 2.75) is 6.92 Å². The molecular weight excluding hydrogens is 308 g/mol. The molecule has 1 fully saturated rings. The highest BCUT2D eigenvalue weighted by atomic mass is 35.5. The molecule has 0 spiro atoms. The number of nitrogens with zero attached hydrogens (tertiary/aromatic N) is 1. The third-order valence-corrected chi connectivity index (χ3v) is 4.06. The number of likely N-dealkylation sites (tertiary alicyclic amines) is 1. The van der Waals surface area contributed by atoms with Crippen LogP contribution in [0.4, 0.5) is 4.39 Å². The van der Waals surface area contributed by atoms with E-state index in [1.54, 1.807) is 6.92 Å². The van der Waals surface area contributed by atoms with Crippen molar-refractivity contribution in [3.05, 3.63) is 33.6 Å². The van der Waals surface area contributed by atoms with Crippen molar-refractivity contribution in [2.24, 2.45) is 11.8 Å². The molecule has 20 heavy (non-hydrogen) atoms. The second-order valence-electron chi connectivity index (χ2n) is 4.88. The topological polar surface area (TPSA) is 57.6 Å². The minimum absolute atomic E-state index is 0.00759. The zero-order valence-electron chi connectivity index (χ0n) is 10.6. The van der Waals surface area contributed by atoms with E-state index in [-0.39, 0.29) is 28.1 Å². The molecule has 1 heterocycles. The van der Waals surface area contributed by atoms with Gasteiger partial charge in [0.1, 0.15) is 5.82 Å². The van der Waals surface area contributed by atoms with E-state index in [0.717, 1.165) is 6.07 Å². The molecule has 1 amide bonds. The number of benzene rings is 1. The molecule has 7 heteroatoms. The highest BCUT2D eigenvalue weighted by Gasteiger charge is 2.37. The van der Waals surface area contributed by atoms with E-state index in [4.69, 9.17) is 28.3 Å². The van der Waals surface area contributed by atoms with Gasteiger partial charge in [0.25, 0.3) is 5.91 Å². The van der Waals surface area contributed by atoms with Crippen LogP contribution >= 0.6 is 23.2 Å². The van der Waals surface area contributed by atoms with E-state index in [9.17, 15) is 14.0 Å². The van der Waals surface area contributed by atoms with Gasteiger partial charge in [-0.25, -0.2) is 4.39 Å². The van der Waals surface area contributed by atoms with E-state index in [1.807, 2.05) is 0 Å². The molecule has 1 aliphatic heterocycles. The van der Waals surface area contributed by atoms with Crippen molar-refractivity contribution in [2.75, 3.05) is 13.1 Å². The van der Waals surface area contributed by atoms with E-state index in [1.165, 1.54) is 11.0 Å². The predicted octanol–water partition coefficient (Wildman–Crippen LogP) is 2.93. The second kappa shape index (κ2) is 5.58. The quantitative estimate of drug-likeness (QED) is 0.853. The van der Waals surface area contributed by atoms with Crippen LogP contribution in [0.15, 0.2) is 12.1 Å². The van der Waals surface area contributed by atoms with Gasteiger partial charge >= 0.3 is 5.97 Å². The van der Waals surface area contributed by atoms with Crippen molar-refractivity contribution in [3.8, 4) is 0 Å². The van der Waals surface area contributed by atoms with Crippen LogP contribution in [0.3, 0.4) is 0 Å². The molecule has 0 saturated carbocycles. The SMILES string of the molecule is CC1CN(C(=O)c2cc(F)c(Cl)cc2Cl)CC1C(=O)O. The molecule has 1 N–H and O–H groups in total. The second-order valence-corrected chi connectivity index (χ2v) is 5.69. The van der Waals surface area contributed by atoms with Crippen LogP contribution in [0.1, 0.15) is 17.3 Å². The number of carbonyl (C=O) groups is 2. The minimum Gasteiger partial charge on any atom is -0.481 e. The van der Waals surface area contributed by atoms with Gasteiger partial charge in [0.2, 0.25) is 0 Å². The lowest BCUT2D eigenvalue weighted by Crippen LogP contribution is -2.30. The van der Waals surface area contributed by atoms with Crippen molar-refractivity contribution < 1.29 is 19.1 Å². The van der Waals surface area contributed by atoms with Crippen molar-refractivity contribution in [1.29, 1.82) is 0 Å². The van der Waals surface area contributed by atoms with E-state index < -0.39 is 23.6 Å². The van der Waals surface area contributed by atoms with Gasteiger partial charge in [-0.3, -0.25) is 9.59 Å². The average molecular weight is 320 g/mol.